The van der Waals surface area contributed by atoms with Gasteiger partial charge in [-0.15, -0.1) is 0 Å². The molecule has 0 aromatic carbocycles. The molecular formula is C4H12O4S2Sn. The van der Waals surface area contributed by atoms with Crippen molar-refractivity contribution in [2.24, 2.45) is 0 Å². The Morgan fingerprint density at radius 2 is 1.18 bits per heavy atom. The second kappa shape index (κ2) is 4.08. The van der Waals surface area contributed by atoms with E-state index in [1.165, 1.54) is 13.8 Å². The van der Waals surface area contributed by atoms with Gasteiger partial charge in [-0.3, -0.25) is 0 Å². The van der Waals surface area contributed by atoms with E-state index in [2.05, 4.69) is 0 Å². The Labute approximate surface area is 74.3 Å². The summed E-state index contributed by atoms with van der Waals surface area (Å²) in [7, 11) is -6.33. The zero-order valence-corrected chi connectivity index (χ0v) is 12.2. The first-order chi connectivity index (χ1) is 4.83. The van der Waals surface area contributed by atoms with Crippen molar-refractivity contribution in [3.05, 3.63) is 0 Å². The summed E-state index contributed by atoms with van der Waals surface area (Å²) in [6, 6.07) is 0. The number of rotatable bonds is 4. The van der Waals surface area contributed by atoms with Gasteiger partial charge in [-0.2, -0.15) is 0 Å². The number of hydrogen-bond acceptors (Lipinski definition) is 4. The molecule has 0 spiro atoms. The van der Waals surface area contributed by atoms with Crippen molar-refractivity contribution < 1.29 is 16.8 Å². The van der Waals surface area contributed by atoms with Crippen LogP contribution in [-0.4, -0.2) is 46.7 Å². The molecule has 0 unspecified atom stereocenters. The monoisotopic (exact) mass is 308 g/mol. The van der Waals surface area contributed by atoms with Crippen LogP contribution >= 0.6 is 0 Å². The molecular weight excluding hydrogens is 295 g/mol. The quantitative estimate of drug-likeness (QED) is 0.616. The molecule has 0 saturated carbocycles. The summed E-state index contributed by atoms with van der Waals surface area (Å²) in [6.07, 6.45) is 0. The summed E-state index contributed by atoms with van der Waals surface area (Å²) in [6.45, 7) is 2.97. The Bertz CT molecular complexity index is 269. The van der Waals surface area contributed by atoms with Crippen molar-refractivity contribution in [1.29, 1.82) is 0 Å². The van der Waals surface area contributed by atoms with Crippen LogP contribution in [0.2, 0.25) is 0 Å². The van der Waals surface area contributed by atoms with Crippen LogP contribution < -0.4 is 0 Å². The molecule has 4 nitrogen and oxygen atoms in total. The molecule has 0 heterocycles. The van der Waals surface area contributed by atoms with E-state index in [1.807, 2.05) is 0 Å². The molecule has 0 aromatic heterocycles. The summed E-state index contributed by atoms with van der Waals surface area (Å²) in [5.74, 6) is -0.0510. The average molecular weight is 307 g/mol. The van der Waals surface area contributed by atoms with Crippen LogP contribution in [0.15, 0.2) is 0 Å². The molecule has 0 saturated heterocycles. The molecule has 0 amide bonds. The van der Waals surface area contributed by atoms with Crippen LogP contribution in [0.3, 0.4) is 0 Å². The van der Waals surface area contributed by atoms with Gasteiger partial charge in [-0.25, -0.2) is 0 Å². The van der Waals surface area contributed by atoms with Gasteiger partial charge in [0.1, 0.15) is 0 Å². The van der Waals surface area contributed by atoms with Gasteiger partial charge < -0.3 is 0 Å². The van der Waals surface area contributed by atoms with Crippen molar-refractivity contribution in [1.82, 2.24) is 0 Å². The average Bonchev–Trinajstić information content (AvgIpc) is 1.86. The van der Waals surface area contributed by atoms with Gasteiger partial charge in [0, 0.05) is 0 Å². The third-order valence-electron chi connectivity index (χ3n) is 1.24. The van der Waals surface area contributed by atoms with Gasteiger partial charge in [0.25, 0.3) is 0 Å². The summed E-state index contributed by atoms with van der Waals surface area (Å²) < 4.78 is 43.6. The number of hydrogen-bond donors (Lipinski definition) is 0. The maximum absolute atomic E-state index is 10.9. The SMILES string of the molecule is CC[S](=O)(=O)[SnH2][S](=O)(=O)CC. The van der Waals surface area contributed by atoms with Gasteiger partial charge in [0.05, 0.1) is 0 Å². The first-order valence-electron chi connectivity index (χ1n) is 3.24. The van der Waals surface area contributed by atoms with E-state index in [0.29, 0.717) is 0 Å². The molecule has 0 bridgehead atoms. The molecule has 0 aliphatic carbocycles. The van der Waals surface area contributed by atoms with Crippen LogP contribution in [0.1, 0.15) is 13.8 Å². The fourth-order valence-electron chi connectivity index (χ4n) is 0.440. The molecule has 0 radical (unpaired) electrons. The molecule has 0 N–H and O–H groups in total. The van der Waals surface area contributed by atoms with Crippen LogP contribution in [0.5, 0.6) is 0 Å². The topological polar surface area (TPSA) is 68.3 Å². The summed E-state index contributed by atoms with van der Waals surface area (Å²) >= 11 is -2.64. The van der Waals surface area contributed by atoms with Crippen LogP contribution in [0.25, 0.3) is 0 Å². The molecule has 0 fully saturated rings. The van der Waals surface area contributed by atoms with Gasteiger partial charge in [-0.1, -0.05) is 0 Å². The zero-order valence-electron chi connectivity index (χ0n) is 6.57. The third kappa shape index (κ3) is 5.02. The zero-order chi connectivity index (χ0) is 9.12. The Kier molecular flexibility index (Phi) is 4.34. The van der Waals surface area contributed by atoms with E-state index in [0.717, 1.165) is 0 Å². The van der Waals surface area contributed by atoms with Gasteiger partial charge >= 0.3 is 74.6 Å². The second-order valence-electron chi connectivity index (χ2n) is 2.18. The molecule has 7 heteroatoms. The predicted molar refractivity (Wildman–Crippen MR) is 47.5 cm³/mol. The molecule has 0 aliphatic heterocycles. The predicted octanol–water partition coefficient (Wildman–Crippen LogP) is -1.15. The maximum atomic E-state index is 10.9. The Balaban J connectivity index is 4.54. The van der Waals surface area contributed by atoms with Crippen molar-refractivity contribution in [2.75, 3.05) is 11.5 Å². The van der Waals surface area contributed by atoms with Crippen LogP contribution in [0, 0.1) is 0 Å². The van der Waals surface area contributed by atoms with Crippen LogP contribution in [0.4, 0.5) is 0 Å². The molecule has 68 valence electrons. The van der Waals surface area contributed by atoms with Crippen molar-refractivity contribution >= 4 is 32.4 Å². The molecule has 0 aliphatic rings. The Morgan fingerprint density at radius 3 is 1.36 bits per heavy atom. The van der Waals surface area contributed by atoms with Crippen LogP contribution in [-0.2, 0) is 14.0 Å². The van der Waals surface area contributed by atoms with Gasteiger partial charge in [-0.05, 0) is 0 Å². The fraction of sp³-hybridized carbons (Fsp3) is 1.00. The van der Waals surface area contributed by atoms with E-state index >= 15 is 0 Å². The standard InChI is InChI=1S/2C2H5O2S.Sn.2H/c2*1-2-5(3)4;;;/h2*2H2,1H3;;;. The van der Waals surface area contributed by atoms with Gasteiger partial charge in [0.15, 0.2) is 0 Å². The first-order valence-corrected chi connectivity index (χ1v) is 16.8. The minimum atomic E-state index is -3.17. The summed E-state index contributed by atoms with van der Waals surface area (Å²) in [5, 5.41) is 0. The first kappa shape index (κ1) is 11.7. The Hall–Kier alpha value is 0.699. The van der Waals surface area contributed by atoms with E-state index in [9.17, 15) is 16.8 Å². The van der Waals surface area contributed by atoms with E-state index < -0.39 is 32.4 Å². The third-order valence-corrected chi connectivity index (χ3v) is 31.3. The Morgan fingerprint density at radius 1 is 0.909 bits per heavy atom. The van der Waals surface area contributed by atoms with E-state index in [-0.39, 0.29) is 11.5 Å². The van der Waals surface area contributed by atoms with E-state index in [1.54, 1.807) is 0 Å². The molecule has 11 heavy (non-hydrogen) atoms. The molecule has 0 atom stereocenters. The molecule has 0 rings (SSSR count). The summed E-state index contributed by atoms with van der Waals surface area (Å²) in [4.78, 5) is 0. The summed E-state index contributed by atoms with van der Waals surface area (Å²) in [5.41, 5.74) is 0. The van der Waals surface area contributed by atoms with Crippen molar-refractivity contribution in [3.63, 3.8) is 0 Å². The molecule has 0 aromatic rings. The normalized spacial score (nSPS) is 13.3. The van der Waals surface area contributed by atoms with E-state index in [4.69, 9.17) is 0 Å². The van der Waals surface area contributed by atoms with Crippen molar-refractivity contribution in [2.45, 2.75) is 13.8 Å². The fourth-order valence-corrected chi connectivity index (χ4v) is 26.6. The minimum absolute atomic E-state index is 0.0255. The van der Waals surface area contributed by atoms with Gasteiger partial charge in [0.2, 0.25) is 0 Å². The second-order valence-corrected chi connectivity index (χ2v) is 28.4. The van der Waals surface area contributed by atoms with Crippen molar-refractivity contribution in [3.8, 4) is 0 Å².